The number of nitrogens with zero attached hydrogens (tertiary/aromatic N) is 1. The molecule has 3 rings (SSSR count). The van der Waals surface area contributed by atoms with Crippen molar-refractivity contribution in [3.05, 3.63) is 35.4 Å². The Morgan fingerprint density at radius 2 is 1.96 bits per heavy atom. The first-order valence-corrected chi connectivity index (χ1v) is 9.77. The second-order valence-electron chi connectivity index (χ2n) is 7.52. The van der Waals surface area contributed by atoms with Crippen molar-refractivity contribution in [3.8, 4) is 0 Å². The zero-order valence-corrected chi connectivity index (χ0v) is 15.3. The van der Waals surface area contributed by atoms with Gasteiger partial charge < -0.3 is 10.2 Å². The minimum atomic E-state index is -0.128. The fourth-order valence-corrected chi connectivity index (χ4v) is 4.41. The number of carbonyl (C=O) groups is 2. The summed E-state index contributed by atoms with van der Waals surface area (Å²) in [5.74, 6) is 0.975. The summed E-state index contributed by atoms with van der Waals surface area (Å²) in [4.78, 5) is 26.3. The fourth-order valence-electron chi connectivity index (χ4n) is 4.41. The zero-order chi connectivity index (χ0) is 17.6. The summed E-state index contributed by atoms with van der Waals surface area (Å²) in [6.07, 6.45) is 8.99. The first kappa shape index (κ1) is 18.0. The van der Waals surface area contributed by atoms with Crippen LogP contribution in [0.25, 0.3) is 0 Å². The molecular weight excluding hydrogens is 312 g/mol. The third kappa shape index (κ3) is 4.62. The van der Waals surface area contributed by atoms with Gasteiger partial charge in [0.1, 0.15) is 0 Å². The monoisotopic (exact) mass is 342 g/mol. The Kier molecular flexibility index (Phi) is 6.11. The van der Waals surface area contributed by atoms with E-state index < -0.39 is 0 Å². The largest absolute Gasteiger partial charge is 0.356 e. The van der Waals surface area contributed by atoms with Crippen LogP contribution >= 0.6 is 0 Å². The van der Waals surface area contributed by atoms with Crippen LogP contribution in [0.1, 0.15) is 69.0 Å². The van der Waals surface area contributed by atoms with Crippen LogP contribution in [0, 0.1) is 5.92 Å². The number of hydrogen-bond acceptors (Lipinski definition) is 2. The van der Waals surface area contributed by atoms with E-state index in [4.69, 9.17) is 0 Å². The Morgan fingerprint density at radius 1 is 1.20 bits per heavy atom. The first-order valence-electron chi connectivity index (χ1n) is 9.77. The van der Waals surface area contributed by atoms with Crippen molar-refractivity contribution in [2.24, 2.45) is 5.92 Å². The maximum absolute atomic E-state index is 12.4. The molecule has 1 atom stereocenters. The average Bonchev–Trinajstić information content (AvgIpc) is 3.12. The Balaban J connectivity index is 1.53. The second-order valence-corrected chi connectivity index (χ2v) is 7.52. The average molecular weight is 342 g/mol. The molecule has 1 fully saturated rings. The van der Waals surface area contributed by atoms with Crippen molar-refractivity contribution in [1.82, 2.24) is 10.2 Å². The third-order valence-corrected chi connectivity index (χ3v) is 5.78. The number of fused-ring (bicyclic) bond motifs is 1. The van der Waals surface area contributed by atoms with Gasteiger partial charge in [0.2, 0.25) is 11.8 Å². The van der Waals surface area contributed by atoms with Gasteiger partial charge in [-0.05, 0) is 36.3 Å². The molecule has 1 heterocycles. The lowest BCUT2D eigenvalue weighted by Gasteiger charge is -2.36. The Hall–Kier alpha value is -1.84. The molecule has 4 nitrogen and oxygen atoms in total. The van der Waals surface area contributed by atoms with Crippen LogP contribution < -0.4 is 5.32 Å². The third-order valence-electron chi connectivity index (χ3n) is 5.78. The summed E-state index contributed by atoms with van der Waals surface area (Å²) in [6, 6.07) is 8.07. The van der Waals surface area contributed by atoms with E-state index in [0.717, 1.165) is 30.9 Å². The Bertz CT molecular complexity index is 608. The molecule has 0 aromatic heterocycles. The molecule has 0 spiro atoms. The molecular formula is C21H30N2O2. The number of amides is 2. The van der Waals surface area contributed by atoms with Gasteiger partial charge in [-0.25, -0.2) is 0 Å². The predicted molar refractivity (Wildman–Crippen MR) is 99.1 cm³/mol. The molecule has 1 saturated carbocycles. The van der Waals surface area contributed by atoms with E-state index in [9.17, 15) is 9.59 Å². The highest BCUT2D eigenvalue weighted by Gasteiger charge is 2.30. The SMILES string of the molecule is CC(=O)N1CCc2ccccc2C1CC(=O)NCCCC1CCCC1. The minimum absolute atomic E-state index is 0.0496. The standard InChI is InChI=1S/C21H30N2O2/c1-16(24)23-14-12-18-10-4-5-11-19(18)20(23)15-21(25)22-13-6-9-17-7-2-3-8-17/h4-5,10-11,17,20H,2-3,6-9,12-15H2,1H3,(H,22,25). The maximum Gasteiger partial charge on any atom is 0.222 e. The molecule has 2 aliphatic rings. The van der Waals surface area contributed by atoms with Gasteiger partial charge in [-0.1, -0.05) is 49.9 Å². The lowest BCUT2D eigenvalue weighted by atomic mass is 9.90. The molecule has 136 valence electrons. The van der Waals surface area contributed by atoms with Crippen LogP contribution in [-0.2, 0) is 16.0 Å². The summed E-state index contributed by atoms with van der Waals surface area (Å²) < 4.78 is 0. The van der Waals surface area contributed by atoms with Crippen molar-refractivity contribution in [3.63, 3.8) is 0 Å². The molecule has 1 aromatic rings. The van der Waals surface area contributed by atoms with Crippen molar-refractivity contribution < 1.29 is 9.59 Å². The molecule has 2 amide bonds. The van der Waals surface area contributed by atoms with E-state index >= 15 is 0 Å². The van der Waals surface area contributed by atoms with Gasteiger partial charge in [0.25, 0.3) is 0 Å². The molecule has 1 aliphatic heterocycles. The van der Waals surface area contributed by atoms with E-state index in [1.807, 2.05) is 17.0 Å². The molecule has 25 heavy (non-hydrogen) atoms. The van der Waals surface area contributed by atoms with Gasteiger partial charge in [0.05, 0.1) is 12.5 Å². The van der Waals surface area contributed by atoms with E-state index in [2.05, 4.69) is 17.4 Å². The van der Waals surface area contributed by atoms with Crippen LogP contribution in [0.15, 0.2) is 24.3 Å². The van der Waals surface area contributed by atoms with Crippen LogP contribution in [-0.4, -0.2) is 29.8 Å². The van der Waals surface area contributed by atoms with Crippen molar-refractivity contribution >= 4 is 11.8 Å². The van der Waals surface area contributed by atoms with Crippen LogP contribution in [0.4, 0.5) is 0 Å². The Labute approximate surface area is 151 Å². The highest BCUT2D eigenvalue weighted by atomic mass is 16.2. The number of nitrogens with one attached hydrogen (secondary N) is 1. The lowest BCUT2D eigenvalue weighted by Crippen LogP contribution is -2.41. The Morgan fingerprint density at radius 3 is 2.72 bits per heavy atom. The molecule has 1 unspecified atom stereocenters. The van der Waals surface area contributed by atoms with E-state index in [-0.39, 0.29) is 17.9 Å². The zero-order valence-electron chi connectivity index (χ0n) is 15.3. The predicted octanol–water partition coefficient (Wildman–Crippen LogP) is 3.61. The van der Waals surface area contributed by atoms with E-state index in [1.54, 1.807) is 6.92 Å². The summed E-state index contributed by atoms with van der Waals surface area (Å²) in [5, 5.41) is 3.07. The molecule has 0 bridgehead atoms. The van der Waals surface area contributed by atoms with Crippen LogP contribution in [0.5, 0.6) is 0 Å². The summed E-state index contributed by atoms with van der Waals surface area (Å²) in [5.41, 5.74) is 2.39. The molecule has 0 radical (unpaired) electrons. The minimum Gasteiger partial charge on any atom is -0.356 e. The quantitative estimate of drug-likeness (QED) is 0.803. The van der Waals surface area contributed by atoms with Gasteiger partial charge in [-0.2, -0.15) is 0 Å². The molecule has 1 N–H and O–H groups in total. The topological polar surface area (TPSA) is 49.4 Å². The number of benzene rings is 1. The van der Waals surface area contributed by atoms with Crippen LogP contribution in [0.3, 0.4) is 0 Å². The fraction of sp³-hybridized carbons (Fsp3) is 0.619. The van der Waals surface area contributed by atoms with Crippen molar-refractivity contribution in [1.29, 1.82) is 0 Å². The number of rotatable bonds is 6. The maximum atomic E-state index is 12.4. The second kappa shape index (κ2) is 8.50. The molecule has 4 heteroatoms. The van der Waals surface area contributed by atoms with Crippen molar-refractivity contribution in [2.45, 2.75) is 64.3 Å². The molecule has 0 saturated heterocycles. The highest BCUT2D eigenvalue weighted by Crippen LogP contribution is 2.32. The first-order chi connectivity index (χ1) is 12.1. The van der Waals surface area contributed by atoms with Gasteiger partial charge >= 0.3 is 0 Å². The van der Waals surface area contributed by atoms with Gasteiger partial charge in [0, 0.05) is 20.0 Å². The van der Waals surface area contributed by atoms with Gasteiger partial charge in [-0.3, -0.25) is 9.59 Å². The van der Waals surface area contributed by atoms with Gasteiger partial charge in [0.15, 0.2) is 0 Å². The number of carbonyl (C=O) groups excluding carboxylic acids is 2. The summed E-state index contributed by atoms with van der Waals surface area (Å²) in [6.45, 7) is 3.05. The molecule has 1 aromatic carbocycles. The number of hydrogen-bond donors (Lipinski definition) is 1. The van der Waals surface area contributed by atoms with Crippen molar-refractivity contribution in [2.75, 3.05) is 13.1 Å². The highest BCUT2D eigenvalue weighted by molar-refractivity contribution is 5.79. The van der Waals surface area contributed by atoms with Crippen LogP contribution in [0.2, 0.25) is 0 Å². The smallest absolute Gasteiger partial charge is 0.222 e. The van der Waals surface area contributed by atoms with Gasteiger partial charge in [-0.15, -0.1) is 0 Å². The molecule has 1 aliphatic carbocycles. The normalized spacial score (nSPS) is 20.4. The summed E-state index contributed by atoms with van der Waals surface area (Å²) in [7, 11) is 0. The van der Waals surface area contributed by atoms with E-state index in [1.165, 1.54) is 37.7 Å². The van der Waals surface area contributed by atoms with E-state index in [0.29, 0.717) is 13.0 Å². The lowest BCUT2D eigenvalue weighted by molar-refractivity contribution is -0.133. The summed E-state index contributed by atoms with van der Waals surface area (Å²) >= 11 is 0.